The number of carbonyl (C=O) groups is 1. The van der Waals surface area contributed by atoms with Crippen LogP contribution in [-0.4, -0.2) is 48.1 Å². The first-order valence-electron chi connectivity index (χ1n) is 9.81. The number of nitrogens with one attached hydrogen (secondary N) is 1. The predicted molar refractivity (Wildman–Crippen MR) is 109 cm³/mol. The maximum atomic E-state index is 12.5. The number of ether oxygens (including phenoxy) is 3. The van der Waals surface area contributed by atoms with Gasteiger partial charge in [0.1, 0.15) is 5.56 Å². The van der Waals surface area contributed by atoms with E-state index in [4.69, 9.17) is 19.4 Å². The third kappa shape index (κ3) is 4.17. The van der Waals surface area contributed by atoms with Crippen molar-refractivity contribution < 1.29 is 24.2 Å². The lowest BCUT2D eigenvalue weighted by Gasteiger charge is -2.33. The minimum atomic E-state index is -0.839. The van der Waals surface area contributed by atoms with Gasteiger partial charge in [0.15, 0.2) is 11.2 Å². The number of amides is 1. The standard InChI is InChI=1S/C21H27N3O6/c1-12(2)15-8-13-9-18(30-7-5-6-28-3)21(29-4)22-19(13)16-10-17(25)14(11-24(15)16)20(26)23-27/h9-12,15,27H,5-8H2,1-4H3,(H,23,26)/t15-/m0/s1. The Morgan fingerprint density at radius 3 is 2.73 bits per heavy atom. The lowest BCUT2D eigenvalue weighted by Crippen LogP contribution is -2.31. The molecule has 0 saturated heterocycles. The second-order valence-corrected chi connectivity index (χ2v) is 7.50. The van der Waals surface area contributed by atoms with Crippen LogP contribution in [0.15, 0.2) is 23.1 Å². The molecule has 1 atom stereocenters. The predicted octanol–water partition coefficient (Wildman–Crippen LogP) is 2.21. The highest BCUT2D eigenvalue weighted by molar-refractivity contribution is 5.93. The van der Waals surface area contributed by atoms with E-state index in [-0.39, 0.29) is 17.5 Å². The second kappa shape index (κ2) is 9.27. The van der Waals surface area contributed by atoms with Crippen molar-refractivity contribution in [3.05, 3.63) is 39.7 Å². The molecule has 0 fully saturated rings. The molecule has 0 radical (unpaired) electrons. The molecule has 0 saturated carbocycles. The van der Waals surface area contributed by atoms with Gasteiger partial charge in [0.05, 0.1) is 25.1 Å². The minimum absolute atomic E-state index is 0.00474. The quantitative estimate of drug-likeness (QED) is 0.385. The lowest BCUT2D eigenvalue weighted by atomic mass is 9.89. The molecule has 2 N–H and O–H groups in total. The van der Waals surface area contributed by atoms with Crippen LogP contribution in [0.2, 0.25) is 0 Å². The van der Waals surface area contributed by atoms with E-state index in [1.165, 1.54) is 24.9 Å². The fraction of sp³-hybridized carbons (Fsp3) is 0.476. The first kappa shape index (κ1) is 21.8. The van der Waals surface area contributed by atoms with E-state index in [0.29, 0.717) is 42.7 Å². The zero-order chi connectivity index (χ0) is 21.8. The topological polar surface area (TPSA) is 112 Å². The van der Waals surface area contributed by atoms with Gasteiger partial charge in [-0.2, -0.15) is 0 Å². The summed E-state index contributed by atoms with van der Waals surface area (Å²) in [4.78, 5) is 29.0. The summed E-state index contributed by atoms with van der Waals surface area (Å²) >= 11 is 0. The van der Waals surface area contributed by atoms with Crippen LogP contribution in [0.25, 0.3) is 11.4 Å². The van der Waals surface area contributed by atoms with E-state index in [0.717, 1.165) is 12.0 Å². The molecule has 0 unspecified atom stereocenters. The summed E-state index contributed by atoms with van der Waals surface area (Å²) in [5, 5.41) is 8.95. The number of hydroxylamine groups is 1. The molecule has 0 aromatic carbocycles. The second-order valence-electron chi connectivity index (χ2n) is 7.50. The van der Waals surface area contributed by atoms with Crippen molar-refractivity contribution in [3.63, 3.8) is 0 Å². The third-order valence-electron chi connectivity index (χ3n) is 5.20. The molecule has 9 nitrogen and oxygen atoms in total. The van der Waals surface area contributed by atoms with Crippen molar-refractivity contribution in [2.45, 2.75) is 32.7 Å². The highest BCUT2D eigenvalue weighted by Gasteiger charge is 2.30. The monoisotopic (exact) mass is 417 g/mol. The van der Waals surface area contributed by atoms with Gasteiger partial charge in [0, 0.05) is 38.4 Å². The van der Waals surface area contributed by atoms with Crippen LogP contribution in [0, 0.1) is 5.92 Å². The van der Waals surface area contributed by atoms with Gasteiger partial charge in [-0.25, -0.2) is 10.5 Å². The van der Waals surface area contributed by atoms with Crippen LogP contribution >= 0.6 is 0 Å². The summed E-state index contributed by atoms with van der Waals surface area (Å²) in [5.41, 5.74) is 3.06. The van der Waals surface area contributed by atoms with Gasteiger partial charge in [-0.3, -0.25) is 14.8 Å². The molecule has 3 heterocycles. The smallest absolute Gasteiger partial charge is 0.280 e. The molecule has 0 bridgehead atoms. The molecule has 2 aromatic heterocycles. The Morgan fingerprint density at radius 1 is 1.33 bits per heavy atom. The van der Waals surface area contributed by atoms with E-state index < -0.39 is 11.3 Å². The molecule has 9 heteroatoms. The number of fused-ring (bicyclic) bond motifs is 3. The fourth-order valence-corrected chi connectivity index (χ4v) is 3.65. The molecular weight excluding hydrogens is 390 g/mol. The summed E-state index contributed by atoms with van der Waals surface area (Å²) in [6.07, 6.45) is 2.87. The van der Waals surface area contributed by atoms with E-state index >= 15 is 0 Å². The molecule has 3 rings (SSSR count). The summed E-state index contributed by atoms with van der Waals surface area (Å²) in [6.45, 7) is 5.20. The summed E-state index contributed by atoms with van der Waals surface area (Å²) in [6, 6.07) is 3.28. The highest BCUT2D eigenvalue weighted by atomic mass is 16.5. The van der Waals surface area contributed by atoms with Crippen LogP contribution in [0.1, 0.15) is 42.2 Å². The van der Waals surface area contributed by atoms with Gasteiger partial charge in [0.2, 0.25) is 0 Å². The van der Waals surface area contributed by atoms with Crippen molar-refractivity contribution >= 4 is 5.91 Å². The van der Waals surface area contributed by atoms with Crippen LogP contribution < -0.4 is 20.4 Å². The largest absolute Gasteiger partial charge is 0.488 e. The summed E-state index contributed by atoms with van der Waals surface area (Å²) in [5.74, 6) is 0.249. The van der Waals surface area contributed by atoms with Gasteiger partial charge < -0.3 is 18.8 Å². The first-order chi connectivity index (χ1) is 14.4. The van der Waals surface area contributed by atoms with E-state index in [1.807, 2.05) is 10.6 Å². The van der Waals surface area contributed by atoms with Crippen molar-refractivity contribution in [3.8, 4) is 23.0 Å². The maximum absolute atomic E-state index is 12.5. The number of pyridine rings is 2. The molecule has 1 aliphatic heterocycles. The number of carbonyl (C=O) groups excluding carboxylic acids is 1. The molecule has 0 aliphatic carbocycles. The van der Waals surface area contributed by atoms with Crippen LogP contribution in [0.4, 0.5) is 0 Å². The molecule has 162 valence electrons. The van der Waals surface area contributed by atoms with E-state index in [2.05, 4.69) is 18.8 Å². The average Bonchev–Trinajstić information content (AvgIpc) is 2.74. The number of nitrogens with zero attached hydrogens (tertiary/aromatic N) is 2. The van der Waals surface area contributed by atoms with Crippen LogP contribution in [-0.2, 0) is 11.2 Å². The Morgan fingerprint density at radius 2 is 2.10 bits per heavy atom. The van der Waals surface area contributed by atoms with Gasteiger partial charge in [-0.05, 0) is 24.0 Å². The molecule has 2 aromatic rings. The van der Waals surface area contributed by atoms with E-state index in [1.54, 1.807) is 7.11 Å². The van der Waals surface area contributed by atoms with Crippen molar-refractivity contribution in [1.82, 2.24) is 15.0 Å². The third-order valence-corrected chi connectivity index (χ3v) is 5.20. The Bertz CT molecular complexity index is 985. The van der Waals surface area contributed by atoms with E-state index in [9.17, 15) is 9.59 Å². The summed E-state index contributed by atoms with van der Waals surface area (Å²) < 4.78 is 18.2. The number of hydrogen-bond donors (Lipinski definition) is 2. The lowest BCUT2D eigenvalue weighted by molar-refractivity contribution is 0.0704. The maximum Gasteiger partial charge on any atom is 0.280 e. The number of aromatic nitrogens is 2. The average molecular weight is 417 g/mol. The summed E-state index contributed by atoms with van der Waals surface area (Å²) in [7, 11) is 3.15. The zero-order valence-corrected chi connectivity index (χ0v) is 17.6. The van der Waals surface area contributed by atoms with Gasteiger partial charge >= 0.3 is 0 Å². The normalized spacial score (nSPS) is 14.8. The van der Waals surface area contributed by atoms with Crippen molar-refractivity contribution in [2.24, 2.45) is 5.92 Å². The van der Waals surface area contributed by atoms with Crippen molar-refractivity contribution in [2.75, 3.05) is 27.4 Å². The highest BCUT2D eigenvalue weighted by Crippen LogP contribution is 2.40. The Kier molecular flexibility index (Phi) is 6.73. The molecule has 1 aliphatic rings. The van der Waals surface area contributed by atoms with Crippen LogP contribution in [0.3, 0.4) is 0 Å². The fourth-order valence-electron chi connectivity index (χ4n) is 3.65. The number of rotatable bonds is 8. The van der Waals surface area contributed by atoms with Gasteiger partial charge in [-0.15, -0.1) is 0 Å². The Balaban J connectivity index is 2.10. The van der Waals surface area contributed by atoms with Gasteiger partial charge in [0.25, 0.3) is 11.8 Å². The molecule has 30 heavy (non-hydrogen) atoms. The van der Waals surface area contributed by atoms with Crippen LogP contribution in [0.5, 0.6) is 11.6 Å². The van der Waals surface area contributed by atoms with Gasteiger partial charge in [-0.1, -0.05) is 13.8 Å². The Labute approximate surface area is 174 Å². The van der Waals surface area contributed by atoms with Crippen molar-refractivity contribution in [1.29, 1.82) is 0 Å². The number of methoxy groups -OCH3 is 2. The number of hydrogen-bond acceptors (Lipinski definition) is 7. The molecule has 1 amide bonds. The SMILES string of the molecule is COCCCOc1cc2c(nc1OC)-c1cc(=O)c(C(=O)NO)cn1[C@H](C(C)C)C2. The molecule has 0 spiro atoms. The zero-order valence-electron chi connectivity index (χ0n) is 17.6. The minimum Gasteiger partial charge on any atom is -0.488 e. The first-order valence-corrected chi connectivity index (χ1v) is 9.81. The molecular formula is C21H27N3O6. The Hall–Kier alpha value is -2.91.